The van der Waals surface area contributed by atoms with Gasteiger partial charge in [-0.1, -0.05) is 12.1 Å². The van der Waals surface area contributed by atoms with Crippen LogP contribution >= 0.6 is 0 Å². The molecule has 0 fully saturated rings. The van der Waals surface area contributed by atoms with E-state index in [-0.39, 0.29) is 12.1 Å². The molecule has 0 spiro atoms. The number of alkyl halides is 3. The van der Waals surface area contributed by atoms with Crippen molar-refractivity contribution in [2.45, 2.75) is 45.0 Å². The highest BCUT2D eigenvalue weighted by atomic mass is 19.4. The van der Waals surface area contributed by atoms with E-state index in [2.05, 4.69) is 5.32 Å². The molecule has 2 amide bonds. The van der Waals surface area contributed by atoms with Gasteiger partial charge in [-0.05, 0) is 44.4 Å². The van der Waals surface area contributed by atoms with Crippen molar-refractivity contribution in [2.75, 3.05) is 13.6 Å². The van der Waals surface area contributed by atoms with Crippen molar-refractivity contribution in [2.24, 2.45) is 0 Å². The lowest BCUT2D eigenvalue weighted by molar-refractivity contribution is -0.137. The van der Waals surface area contributed by atoms with Crippen LogP contribution in [0.5, 0.6) is 0 Å². The Morgan fingerprint density at radius 1 is 1.26 bits per heavy atom. The van der Waals surface area contributed by atoms with Crippen molar-refractivity contribution in [3.05, 3.63) is 35.4 Å². The van der Waals surface area contributed by atoms with Gasteiger partial charge in [0, 0.05) is 19.6 Å². The fraction of sp³-hybridized carbons (Fsp3) is 0.562. The summed E-state index contributed by atoms with van der Waals surface area (Å²) in [7, 11) is 1.63. The average Bonchev–Trinajstić information content (AvgIpc) is 2.44. The number of halogens is 3. The number of nitrogens with one attached hydrogen (secondary N) is 1. The summed E-state index contributed by atoms with van der Waals surface area (Å²) in [6.45, 7) is 3.87. The van der Waals surface area contributed by atoms with Crippen LogP contribution in [0.1, 0.15) is 31.4 Å². The summed E-state index contributed by atoms with van der Waals surface area (Å²) in [4.78, 5) is 13.4. The second-order valence-corrected chi connectivity index (χ2v) is 5.81. The topological polar surface area (TPSA) is 52.6 Å². The molecule has 7 heteroatoms. The third kappa shape index (κ3) is 6.90. The molecule has 0 aliphatic carbocycles. The Morgan fingerprint density at radius 2 is 1.83 bits per heavy atom. The largest absolute Gasteiger partial charge is 0.416 e. The predicted molar refractivity (Wildman–Crippen MR) is 82.1 cm³/mol. The molecule has 0 aliphatic rings. The molecule has 2 N–H and O–H groups in total. The zero-order valence-corrected chi connectivity index (χ0v) is 13.5. The van der Waals surface area contributed by atoms with Crippen LogP contribution < -0.4 is 5.32 Å². The summed E-state index contributed by atoms with van der Waals surface area (Å²) in [5.74, 6) is 0. The van der Waals surface area contributed by atoms with Crippen LogP contribution in [0.25, 0.3) is 0 Å². The minimum absolute atomic E-state index is 0.215. The number of carbonyl (C=O) groups excluding carboxylic acids is 1. The molecule has 0 heterocycles. The maximum absolute atomic E-state index is 12.5. The van der Waals surface area contributed by atoms with Crippen LogP contribution in [0, 0.1) is 0 Å². The van der Waals surface area contributed by atoms with Crippen LogP contribution in [0.3, 0.4) is 0 Å². The second kappa shape index (κ2) is 8.19. The normalized spacial score (nSPS) is 14.2. The summed E-state index contributed by atoms with van der Waals surface area (Å²) >= 11 is 0. The van der Waals surface area contributed by atoms with Crippen molar-refractivity contribution >= 4 is 6.03 Å². The van der Waals surface area contributed by atoms with E-state index in [1.54, 1.807) is 20.9 Å². The Balaban J connectivity index is 2.50. The first-order valence-corrected chi connectivity index (χ1v) is 7.45. The van der Waals surface area contributed by atoms with Gasteiger partial charge in [0.25, 0.3) is 0 Å². The first-order valence-electron chi connectivity index (χ1n) is 7.45. The van der Waals surface area contributed by atoms with Crippen LogP contribution in [0.2, 0.25) is 0 Å². The highest BCUT2D eigenvalue weighted by Gasteiger charge is 2.29. The Kier molecular flexibility index (Phi) is 6.87. The third-order valence-corrected chi connectivity index (χ3v) is 3.42. The van der Waals surface area contributed by atoms with E-state index in [1.165, 1.54) is 17.0 Å². The van der Waals surface area contributed by atoms with Gasteiger partial charge in [0.2, 0.25) is 0 Å². The van der Waals surface area contributed by atoms with Crippen molar-refractivity contribution in [1.29, 1.82) is 0 Å². The molecule has 0 radical (unpaired) electrons. The zero-order chi connectivity index (χ0) is 17.6. The van der Waals surface area contributed by atoms with Crippen LogP contribution in [0.15, 0.2) is 24.3 Å². The highest BCUT2D eigenvalue weighted by Crippen LogP contribution is 2.29. The number of hydrogen-bond donors (Lipinski definition) is 2. The SMILES string of the molecule is CC(O)CCN(C)C(=O)NC(C)Cc1ccc(C(F)(F)F)cc1. The van der Waals surface area contributed by atoms with Crippen molar-refractivity contribution in [3.63, 3.8) is 0 Å². The molecule has 0 saturated carbocycles. The van der Waals surface area contributed by atoms with E-state index in [0.717, 1.165) is 17.7 Å². The van der Waals surface area contributed by atoms with E-state index < -0.39 is 17.8 Å². The third-order valence-electron chi connectivity index (χ3n) is 3.42. The number of aliphatic hydroxyl groups is 1. The Bertz CT molecular complexity index is 501. The standard InChI is InChI=1S/C16H23F3N2O2/c1-11(20-15(23)21(3)9-8-12(2)22)10-13-4-6-14(7-5-13)16(17,18)19/h4-7,11-12,22H,8-10H2,1-3H3,(H,20,23). The molecule has 0 aliphatic heterocycles. The summed E-state index contributed by atoms with van der Waals surface area (Å²) < 4.78 is 37.5. The fourth-order valence-electron chi connectivity index (χ4n) is 2.04. The van der Waals surface area contributed by atoms with Crippen molar-refractivity contribution in [1.82, 2.24) is 10.2 Å². The quantitative estimate of drug-likeness (QED) is 0.841. The van der Waals surface area contributed by atoms with E-state index in [1.807, 2.05) is 0 Å². The van der Waals surface area contributed by atoms with Crippen LogP contribution in [-0.4, -0.2) is 41.8 Å². The van der Waals surface area contributed by atoms with E-state index in [4.69, 9.17) is 0 Å². The first-order chi connectivity index (χ1) is 10.6. The van der Waals surface area contributed by atoms with Gasteiger partial charge in [-0.25, -0.2) is 4.79 Å². The predicted octanol–water partition coefficient (Wildman–Crippen LogP) is 3.05. The first kappa shape index (κ1) is 19.3. The van der Waals surface area contributed by atoms with Gasteiger partial charge in [-0.3, -0.25) is 0 Å². The summed E-state index contributed by atoms with van der Waals surface area (Å²) in [5.41, 5.74) is 0.0354. The average molecular weight is 332 g/mol. The number of aliphatic hydroxyl groups excluding tert-OH is 1. The molecule has 4 nitrogen and oxygen atoms in total. The number of amides is 2. The maximum Gasteiger partial charge on any atom is 0.416 e. The summed E-state index contributed by atoms with van der Waals surface area (Å²) in [5, 5.41) is 12.0. The number of benzene rings is 1. The molecule has 1 aromatic carbocycles. The highest BCUT2D eigenvalue weighted by molar-refractivity contribution is 5.74. The molecule has 2 atom stereocenters. The van der Waals surface area contributed by atoms with Crippen molar-refractivity contribution < 1.29 is 23.1 Å². The molecular formula is C16H23F3N2O2. The molecule has 1 aromatic rings. The number of hydrogen-bond acceptors (Lipinski definition) is 2. The van der Waals surface area contributed by atoms with Gasteiger partial charge in [-0.15, -0.1) is 0 Å². The lowest BCUT2D eigenvalue weighted by Gasteiger charge is -2.22. The van der Waals surface area contributed by atoms with E-state index in [9.17, 15) is 23.1 Å². The lowest BCUT2D eigenvalue weighted by atomic mass is 10.1. The van der Waals surface area contributed by atoms with Gasteiger partial charge < -0.3 is 15.3 Å². The number of nitrogens with zero attached hydrogens (tertiary/aromatic N) is 1. The molecule has 1 rings (SSSR count). The maximum atomic E-state index is 12.5. The smallest absolute Gasteiger partial charge is 0.393 e. The summed E-state index contributed by atoms with van der Waals surface area (Å²) in [6.07, 6.45) is -3.90. The van der Waals surface area contributed by atoms with Gasteiger partial charge in [0.1, 0.15) is 0 Å². The van der Waals surface area contributed by atoms with Crippen LogP contribution in [-0.2, 0) is 12.6 Å². The fourth-order valence-corrected chi connectivity index (χ4v) is 2.04. The molecule has 23 heavy (non-hydrogen) atoms. The minimum atomic E-state index is -4.34. The number of rotatable bonds is 6. The van der Waals surface area contributed by atoms with Gasteiger partial charge in [0.15, 0.2) is 0 Å². The van der Waals surface area contributed by atoms with E-state index >= 15 is 0 Å². The Hall–Kier alpha value is -1.76. The summed E-state index contributed by atoms with van der Waals surface area (Å²) in [6, 6.07) is 4.43. The van der Waals surface area contributed by atoms with Crippen LogP contribution in [0.4, 0.5) is 18.0 Å². The molecule has 0 aromatic heterocycles. The molecule has 0 saturated heterocycles. The zero-order valence-electron chi connectivity index (χ0n) is 13.5. The monoisotopic (exact) mass is 332 g/mol. The molecule has 130 valence electrons. The Morgan fingerprint density at radius 3 is 2.30 bits per heavy atom. The molecule has 2 unspecified atom stereocenters. The molecular weight excluding hydrogens is 309 g/mol. The lowest BCUT2D eigenvalue weighted by Crippen LogP contribution is -2.43. The number of carbonyl (C=O) groups is 1. The van der Waals surface area contributed by atoms with Crippen molar-refractivity contribution in [3.8, 4) is 0 Å². The van der Waals surface area contributed by atoms with Gasteiger partial charge in [-0.2, -0.15) is 13.2 Å². The number of urea groups is 1. The molecule has 0 bridgehead atoms. The van der Waals surface area contributed by atoms with Gasteiger partial charge in [0.05, 0.1) is 11.7 Å². The van der Waals surface area contributed by atoms with E-state index in [0.29, 0.717) is 19.4 Å². The second-order valence-electron chi connectivity index (χ2n) is 5.81. The Labute approximate surface area is 134 Å². The minimum Gasteiger partial charge on any atom is -0.393 e. The van der Waals surface area contributed by atoms with Gasteiger partial charge >= 0.3 is 12.2 Å².